The largest absolute Gasteiger partial charge is 0.461 e. The Bertz CT molecular complexity index is 1350. The molecule has 0 unspecified atom stereocenters. The van der Waals surface area contributed by atoms with Gasteiger partial charge in [-0.15, -0.1) is 0 Å². The van der Waals surface area contributed by atoms with Crippen LogP contribution < -0.4 is 21.1 Å². The predicted octanol–water partition coefficient (Wildman–Crippen LogP) is 5.02. The zero-order valence-corrected chi connectivity index (χ0v) is 20.9. The van der Waals surface area contributed by atoms with Crippen LogP contribution in [0.15, 0.2) is 66.9 Å². The molecule has 15 heteroatoms. The van der Waals surface area contributed by atoms with Gasteiger partial charge in [0.2, 0.25) is 0 Å². The average Bonchev–Trinajstić information content (AvgIpc) is 2.87. The van der Waals surface area contributed by atoms with Gasteiger partial charge in [0.25, 0.3) is 5.91 Å². The Labute approximate surface area is 227 Å². The average molecular weight is 593 g/mol. The Morgan fingerprint density at radius 3 is 2.27 bits per heavy atom. The zero-order chi connectivity index (χ0) is 29.7. The van der Waals surface area contributed by atoms with E-state index in [-0.39, 0.29) is 22.7 Å². The zero-order valence-electron chi connectivity index (χ0n) is 20.1. The van der Waals surface area contributed by atoms with Crippen molar-refractivity contribution < 1.29 is 45.1 Å². The van der Waals surface area contributed by atoms with E-state index in [9.17, 15) is 40.3 Å². The summed E-state index contributed by atoms with van der Waals surface area (Å²) < 4.78 is 99.3. The number of nitrogens with one attached hydrogen (secondary N) is 2. The minimum Gasteiger partial charge on any atom is -0.428 e. The number of ether oxygens (including phenoxy) is 1. The van der Waals surface area contributed by atoms with E-state index in [2.05, 4.69) is 20.8 Å². The van der Waals surface area contributed by atoms with E-state index < -0.39 is 54.0 Å². The second-order valence-electron chi connectivity index (χ2n) is 8.45. The number of rotatable bonds is 11. The Balaban J connectivity index is 2.20. The molecule has 0 radical (unpaired) electrons. The molecule has 2 aromatic carbocycles. The number of urea groups is 1. The van der Waals surface area contributed by atoms with Crippen LogP contribution in [-0.4, -0.2) is 41.9 Å². The standard InChI is InChI=1S/C25H20ClF7N4O3/c26-16-6-7-19(35-12-16)23(11-14-4-2-1-3-5-14,37-22(39)36-13-24(30,31)21(34)38)15-8-17(27)10-18(9-15)40-25(32,33)20(28)29/h1-10,12,20H,11,13H2,(H2,34,38)(H2,36,37,39)/t23-/m0/s1. The number of amides is 3. The fraction of sp³-hybridized carbons (Fsp3) is 0.240. The SMILES string of the molecule is NC(=O)C(F)(F)CNC(=O)N[C@@](Cc1ccccc1)(c1cc(F)cc(OC(F)(F)C(F)F)c1)c1ccc(Cl)cn1. The lowest BCUT2D eigenvalue weighted by Crippen LogP contribution is -2.55. The number of nitrogens with zero attached hydrogens (tertiary/aromatic N) is 1. The Kier molecular flexibility index (Phi) is 9.13. The molecule has 3 aromatic rings. The molecule has 0 saturated heterocycles. The molecular weight excluding hydrogens is 573 g/mol. The summed E-state index contributed by atoms with van der Waals surface area (Å²) in [5.41, 5.74) is 2.62. The summed E-state index contributed by atoms with van der Waals surface area (Å²) in [4.78, 5) is 28.0. The highest BCUT2D eigenvalue weighted by Gasteiger charge is 2.45. The van der Waals surface area contributed by atoms with E-state index in [1.165, 1.54) is 12.1 Å². The van der Waals surface area contributed by atoms with Crippen LogP contribution in [0.3, 0.4) is 0 Å². The minimum atomic E-state index is -5.00. The van der Waals surface area contributed by atoms with Gasteiger partial charge in [0.1, 0.15) is 17.1 Å². The fourth-order valence-electron chi connectivity index (χ4n) is 3.64. The van der Waals surface area contributed by atoms with Gasteiger partial charge in [0.05, 0.1) is 17.3 Å². The van der Waals surface area contributed by atoms with Gasteiger partial charge in [-0.05, 0) is 35.4 Å². The molecule has 1 aromatic heterocycles. The molecule has 40 heavy (non-hydrogen) atoms. The molecule has 0 fully saturated rings. The van der Waals surface area contributed by atoms with Gasteiger partial charge in [-0.25, -0.2) is 9.18 Å². The molecule has 3 amide bonds. The summed E-state index contributed by atoms with van der Waals surface area (Å²) in [5.74, 6) is -8.42. The van der Waals surface area contributed by atoms with Crippen LogP contribution in [0.25, 0.3) is 0 Å². The summed E-state index contributed by atoms with van der Waals surface area (Å²) in [6.45, 7) is -1.53. The summed E-state index contributed by atoms with van der Waals surface area (Å²) in [6, 6.07) is 11.2. The van der Waals surface area contributed by atoms with E-state index in [0.717, 1.165) is 18.3 Å². The maximum absolute atomic E-state index is 14.8. The van der Waals surface area contributed by atoms with Crippen LogP contribution in [0, 0.1) is 5.82 Å². The van der Waals surface area contributed by atoms with Crippen LogP contribution in [0.5, 0.6) is 5.75 Å². The molecular formula is C25H20ClF7N4O3. The van der Waals surface area contributed by atoms with Crippen LogP contribution in [0.1, 0.15) is 16.8 Å². The summed E-state index contributed by atoms with van der Waals surface area (Å²) in [6.07, 6.45) is -8.42. The van der Waals surface area contributed by atoms with Crippen molar-refractivity contribution in [2.75, 3.05) is 6.54 Å². The molecule has 0 bridgehead atoms. The van der Waals surface area contributed by atoms with Crippen LogP contribution in [0.2, 0.25) is 5.02 Å². The number of alkyl halides is 6. The van der Waals surface area contributed by atoms with Crippen LogP contribution >= 0.6 is 11.6 Å². The number of halogens is 8. The van der Waals surface area contributed by atoms with Gasteiger partial charge < -0.3 is 21.1 Å². The summed E-state index contributed by atoms with van der Waals surface area (Å²) >= 11 is 5.93. The number of nitrogens with two attached hydrogens (primary N) is 1. The second-order valence-corrected chi connectivity index (χ2v) is 8.88. The normalized spacial score (nSPS) is 13.4. The van der Waals surface area contributed by atoms with E-state index in [0.29, 0.717) is 11.6 Å². The molecule has 1 atom stereocenters. The molecule has 1 heterocycles. The van der Waals surface area contributed by atoms with Crippen molar-refractivity contribution in [3.05, 3.63) is 94.5 Å². The number of aromatic nitrogens is 1. The number of primary amides is 1. The molecule has 0 aliphatic carbocycles. The Morgan fingerprint density at radius 2 is 1.70 bits per heavy atom. The number of benzene rings is 2. The third-order valence-corrected chi connectivity index (χ3v) is 5.73. The van der Waals surface area contributed by atoms with Gasteiger partial charge in [0, 0.05) is 18.7 Å². The summed E-state index contributed by atoms with van der Waals surface area (Å²) in [5, 5.41) is 4.29. The highest BCUT2D eigenvalue weighted by atomic mass is 35.5. The molecule has 3 rings (SSSR count). The number of hydrogen-bond donors (Lipinski definition) is 3. The summed E-state index contributed by atoms with van der Waals surface area (Å²) in [7, 11) is 0. The van der Waals surface area contributed by atoms with Crippen LogP contribution in [0.4, 0.5) is 35.5 Å². The Hall–Kier alpha value is -4.07. The smallest absolute Gasteiger partial charge is 0.428 e. The second kappa shape index (κ2) is 12.0. The maximum atomic E-state index is 14.8. The van der Waals surface area contributed by atoms with E-state index in [4.69, 9.17) is 11.6 Å². The lowest BCUT2D eigenvalue weighted by molar-refractivity contribution is -0.253. The van der Waals surface area contributed by atoms with Crippen molar-refractivity contribution in [3.8, 4) is 5.75 Å². The van der Waals surface area contributed by atoms with E-state index >= 15 is 0 Å². The third kappa shape index (κ3) is 7.31. The first-order valence-electron chi connectivity index (χ1n) is 11.2. The van der Waals surface area contributed by atoms with Crippen LogP contribution in [-0.2, 0) is 16.8 Å². The van der Waals surface area contributed by atoms with Gasteiger partial charge >= 0.3 is 24.5 Å². The third-order valence-electron chi connectivity index (χ3n) is 5.51. The van der Waals surface area contributed by atoms with Crippen molar-refractivity contribution in [1.29, 1.82) is 0 Å². The van der Waals surface area contributed by atoms with Crippen molar-refractivity contribution in [2.24, 2.45) is 5.73 Å². The highest BCUT2D eigenvalue weighted by Crippen LogP contribution is 2.37. The van der Waals surface area contributed by atoms with Crippen molar-refractivity contribution >= 4 is 23.5 Å². The monoisotopic (exact) mass is 592 g/mol. The van der Waals surface area contributed by atoms with Gasteiger partial charge in [-0.1, -0.05) is 41.9 Å². The molecule has 4 N–H and O–H groups in total. The maximum Gasteiger partial charge on any atom is 0.461 e. The number of carbonyl (C=O) groups is 2. The quantitative estimate of drug-likeness (QED) is 0.272. The first-order chi connectivity index (χ1) is 18.6. The molecule has 214 valence electrons. The highest BCUT2D eigenvalue weighted by molar-refractivity contribution is 6.30. The minimum absolute atomic E-state index is 0.0882. The van der Waals surface area contributed by atoms with Crippen molar-refractivity contribution in [1.82, 2.24) is 15.6 Å². The number of pyridine rings is 1. The lowest BCUT2D eigenvalue weighted by Gasteiger charge is -2.36. The van der Waals surface area contributed by atoms with Gasteiger partial charge in [0.15, 0.2) is 0 Å². The molecule has 0 spiro atoms. The molecule has 0 saturated carbocycles. The van der Waals surface area contributed by atoms with E-state index in [1.54, 1.807) is 35.6 Å². The van der Waals surface area contributed by atoms with Crippen molar-refractivity contribution in [2.45, 2.75) is 30.4 Å². The predicted molar refractivity (Wildman–Crippen MR) is 129 cm³/mol. The van der Waals surface area contributed by atoms with Gasteiger partial charge in [-0.3, -0.25) is 9.78 Å². The first kappa shape index (κ1) is 30.5. The molecule has 0 aliphatic heterocycles. The lowest BCUT2D eigenvalue weighted by atomic mass is 9.80. The number of hydrogen-bond acceptors (Lipinski definition) is 4. The fourth-order valence-corrected chi connectivity index (χ4v) is 3.75. The molecule has 7 nitrogen and oxygen atoms in total. The van der Waals surface area contributed by atoms with Crippen molar-refractivity contribution in [3.63, 3.8) is 0 Å². The molecule has 0 aliphatic rings. The number of carbonyl (C=O) groups excluding carboxylic acids is 2. The first-order valence-corrected chi connectivity index (χ1v) is 11.6. The topological polar surface area (TPSA) is 106 Å². The van der Waals surface area contributed by atoms with Gasteiger partial charge in [-0.2, -0.15) is 26.3 Å². The Morgan fingerprint density at radius 1 is 1.02 bits per heavy atom. The van der Waals surface area contributed by atoms with E-state index in [1.807, 2.05) is 0 Å².